The van der Waals surface area contributed by atoms with Crippen molar-refractivity contribution < 1.29 is 17.6 Å². The molecule has 196 valence electrons. The maximum absolute atomic E-state index is 14.3. The average Bonchev–Trinajstić information content (AvgIpc) is 3.53. The van der Waals surface area contributed by atoms with Gasteiger partial charge in [0.15, 0.2) is 5.78 Å². The highest BCUT2D eigenvalue weighted by atomic mass is 32.2. The van der Waals surface area contributed by atoms with Crippen molar-refractivity contribution in [1.82, 2.24) is 34.1 Å². The van der Waals surface area contributed by atoms with Gasteiger partial charge in [-0.3, -0.25) is 9.78 Å². The Labute approximate surface area is 219 Å². The second-order valence-corrected chi connectivity index (χ2v) is 12.0. The molecule has 12 heteroatoms. The lowest BCUT2D eigenvalue weighted by molar-refractivity contribution is 0.0393. The van der Waals surface area contributed by atoms with E-state index in [0.29, 0.717) is 25.0 Å². The van der Waals surface area contributed by atoms with Crippen LogP contribution in [0.3, 0.4) is 0 Å². The number of rotatable bonds is 5. The Morgan fingerprint density at radius 2 is 1.92 bits per heavy atom. The number of carbonyl (C=O) groups is 1. The fourth-order valence-electron chi connectivity index (χ4n) is 5.78. The Hall–Kier alpha value is -3.77. The van der Waals surface area contributed by atoms with Crippen LogP contribution in [0.15, 0.2) is 60.0 Å². The smallest absolute Gasteiger partial charge is 0.264 e. The van der Waals surface area contributed by atoms with Gasteiger partial charge in [-0.2, -0.15) is 19.3 Å². The fraction of sp³-hybridized carbons (Fsp3) is 0.346. The maximum atomic E-state index is 14.3. The first-order valence-corrected chi connectivity index (χ1v) is 13.8. The van der Waals surface area contributed by atoms with E-state index in [1.165, 1.54) is 27.4 Å². The van der Waals surface area contributed by atoms with Crippen molar-refractivity contribution in [2.24, 2.45) is 18.4 Å². The zero-order valence-corrected chi connectivity index (χ0v) is 21.8. The van der Waals surface area contributed by atoms with Crippen molar-refractivity contribution in [2.75, 3.05) is 13.1 Å². The molecule has 0 bridgehead atoms. The van der Waals surface area contributed by atoms with Gasteiger partial charge in [0.1, 0.15) is 11.5 Å². The van der Waals surface area contributed by atoms with Gasteiger partial charge in [-0.1, -0.05) is 0 Å². The summed E-state index contributed by atoms with van der Waals surface area (Å²) >= 11 is 0. The summed E-state index contributed by atoms with van der Waals surface area (Å²) < 4.78 is 43.7. The maximum Gasteiger partial charge on any atom is 0.264 e. The highest BCUT2D eigenvalue weighted by Crippen LogP contribution is 2.48. The molecular weight excluding hydrogens is 509 g/mol. The van der Waals surface area contributed by atoms with Crippen molar-refractivity contribution in [2.45, 2.75) is 31.2 Å². The standard InChI is InChI=1S/C26H26FN7O3S/c1-17-7-9-28-22(11-17)25(35)26-13-18-14-30-34(21-5-3-20(27)4-6-21)23(18)12-19(26)8-10-33(16-26)38(36,37)24-15-29-32(2)31-24/h3-7,9,11,14-15,19H,8,10,12-13,16H2,1-2H3/t19-,26-/m0/s1. The molecule has 4 aromatic rings. The number of hydrogen-bond acceptors (Lipinski definition) is 7. The van der Waals surface area contributed by atoms with E-state index in [9.17, 15) is 17.6 Å². The summed E-state index contributed by atoms with van der Waals surface area (Å²) in [6.07, 6.45) is 5.88. The summed E-state index contributed by atoms with van der Waals surface area (Å²) in [4.78, 5) is 19.8. The van der Waals surface area contributed by atoms with Crippen LogP contribution < -0.4 is 0 Å². The van der Waals surface area contributed by atoms with E-state index in [0.717, 1.165) is 22.5 Å². The number of fused-ring (bicyclic) bond motifs is 2. The van der Waals surface area contributed by atoms with Gasteiger partial charge in [0.2, 0.25) is 5.03 Å². The number of ketones is 1. The van der Waals surface area contributed by atoms with Gasteiger partial charge in [-0.15, -0.1) is 5.10 Å². The molecule has 10 nitrogen and oxygen atoms in total. The van der Waals surface area contributed by atoms with Crippen molar-refractivity contribution in [3.63, 3.8) is 0 Å². The molecule has 0 unspecified atom stereocenters. The molecule has 3 aromatic heterocycles. The lowest BCUT2D eigenvalue weighted by atomic mass is 9.60. The second-order valence-electron chi connectivity index (χ2n) is 10.1. The van der Waals surface area contributed by atoms with Crippen LogP contribution in [0.5, 0.6) is 0 Å². The highest BCUT2D eigenvalue weighted by molar-refractivity contribution is 7.89. The molecule has 6 rings (SSSR count). The Morgan fingerprint density at radius 1 is 1.13 bits per heavy atom. The van der Waals surface area contributed by atoms with Crippen LogP contribution in [0.2, 0.25) is 0 Å². The SMILES string of the molecule is Cc1ccnc(C(=O)[C@]23Cc4cnn(-c5ccc(F)cc5)c4C[C@@H]2CCN(S(=O)(=O)c2cnn(C)n2)C3)c1. The van der Waals surface area contributed by atoms with E-state index in [-0.39, 0.29) is 35.6 Å². The fourth-order valence-corrected chi connectivity index (χ4v) is 7.20. The summed E-state index contributed by atoms with van der Waals surface area (Å²) in [6.45, 7) is 2.15. The molecule has 0 spiro atoms. The molecule has 0 radical (unpaired) electrons. The molecule has 4 heterocycles. The van der Waals surface area contributed by atoms with Gasteiger partial charge >= 0.3 is 0 Å². The molecule has 2 atom stereocenters. The quantitative estimate of drug-likeness (QED) is 0.361. The third-order valence-electron chi connectivity index (χ3n) is 7.72. The van der Waals surface area contributed by atoms with Gasteiger partial charge in [0.25, 0.3) is 10.0 Å². The predicted octanol–water partition coefficient (Wildman–Crippen LogP) is 2.52. The second kappa shape index (κ2) is 8.91. The molecular formula is C26H26FN7O3S. The number of aryl methyl sites for hydroxylation is 2. The first-order chi connectivity index (χ1) is 18.2. The van der Waals surface area contributed by atoms with Crippen molar-refractivity contribution in [1.29, 1.82) is 0 Å². The van der Waals surface area contributed by atoms with Gasteiger partial charge in [-0.05, 0) is 79.6 Å². The number of aromatic nitrogens is 6. The highest BCUT2D eigenvalue weighted by Gasteiger charge is 2.55. The van der Waals surface area contributed by atoms with Gasteiger partial charge in [-0.25, -0.2) is 17.5 Å². The predicted molar refractivity (Wildman–Crippen MR) is 135 cm³/mol. The Bertz CT molecular complexity index is 1650. The van der Waals surface area contributed by atoms with E-state index < -0.39 is 15.4 Å². The summed E-state index contributed by atoms with van der Waals surface area (Å²) in [6, 6.07) is 9.69. The lowest BCUT2D eigenvalue weighted by Crippen LogP contribution is -2.57. The molecule has 1 aromatic carbocycles. The van der Waals surface area contributed by atoms with Crippen LogP contribution in [-0.4, -0.2) is 61.4 Å². The minimum absolute atomic E-state index is 0.00615. The summed E-state index contributed by atoms with van der Waals surface area (Å²) in [5.74, 6) is -0.652. The molecule has 1 saturated heterocycles. The Morgan fingerprint density at radius 3 is 2.63 bits per heavy atom. The number of carbonyl (C=O) groups excluding carboxylic acids is 1. The zero-order chi connectivity index (χ0) is 26.7. The topological polar surface area (TPSA) is 116 Å². The van der Waals surface area contributed by atoms with Crippen LogP contribution in [-0.2, 0) is 29.9 Å². The average molecular weight is 536 g/mol. The lowest BCUT2D eigenvalue weighted by Gasteiger charge is -2.48. The number of hydrogen-bond donors (Lipinski definition) is 0. The van der Waals surface area contributed by atoms with Crippen LogP contribution in [0, 0.1) is 24.1 Å². The molecule has 1 aliphatic carbocycles. The monoisotopic (exact) mass is 535 g/mol. The molecule has 0 amide bonds. The minimum Gasteiger partial charge on any atom is -0.292 e. The first-order valence-electron chi connectivity index (χ1n) is 12.3. The summed E-state index contributed by atoms with van der Waals surface area (Å²) in [5.41, 5.74) is 2.74. The third-order valence-corrected chi connectivity index (χ3v) is 9.43. The first kappa shape index (κ1) is 24.6. The van der Waals surface area contributed by atoms with Crippen molar-refractivity contribution in [3.05, 3.63) is 83.3 Å². The van der Waals surface area contributed by atoms with E-state index in [2.05, 4.69) is 20.3 Å². The van der Waals surface area contributed by atoms with Gasteiger partial charge in [0, 0.05) is 32.0 Å². The number of Topliss-reactive ketones (excluding diaryl/α,β-unsaturated/α-hetero) is 1. The number of sulfonamides is 1. The van der Waals surface area contributed by atoms with Gasteiger partial charge < -0.3 is 0 Å². The molecule has 0 N–H and O–H groups in total. The van der Waals surface area contributed by atoms with Crippen LogP contribution in [0.1, 0.15) is 33.7 Å². The number of benzene rings is 1. The van der Waals surface area contributed by atoms with Crippen molar-refractivity contribution in [3.8, 4) is 5.69 Å². The number of nitrogens with zero attached hydrogens (tertiary/aromatic N) is 7. The van der Waals surface area contributed by atoms with Crippen LogP contribution >= 0.6 is 0 Å². The van der Waals surface area contributed by atoms with E-state index in [1.807, 2.05) is 13.0 Å². The van der Waals surface area contributed by atoms with Gasteiger partial charge in [0.05, 0.1) is 23.5 Å². The van der Waals surface area contributed by atoms with Crippen LogP contribution in [0.4, 0.5) is 4.39 Å². The number of pyridine rings is 1. The Balaban J connectivity index is 1.43. The van der Waals surface area contributed by atoms with E-state index in [1.54, 1.807) is 42.3 Å². The summed E-state index contributed by atoms with van der Waals surface area (Å²) in [7, 11) is -2.41. The molecule has 0 saturated carbocycles. The minimum atomic E-state index is -3.96. The van der Waals surface area contributed by atoms with Crippen molar-refractivity contribution >= 4 is 15.8 Å². The molecule has 2 aliphatic rings. The Kier molecular flexibility index (Phi) is 5.76. The number of halogens is 1. The third kappa shape index (κ3) is 3.95. The van der Waals surface area contributed by atoms with E-state index >= 15 is 0 Å². The summed E-state index contributed by atoms with van der Waals surface area (Å²) in [5, 5.41) is 12.4. The van der Waals surface area contributed by atoms with Crippen LogP contribution in [0.25, 0.3) is 5.69 Å². The zero-order valence-electron chi connectivity index (χ0n) is 21.0. The normalized spacial score (nSPS) is 21.6. The molecule has 1 fully saturated rings. The molecule has 38 heavy (non-hydrogen) atoms. The number of piperidine rings is 1. The largest absolute Gasteiger partial charge is 0.292 e. The van der Waals surface area contributed by atoms with E-state index in [4.69, 9.17) is 0 Å². The molecule has 1 aliphatic heterocycles.